The van der Waals surface area contributed by atoms with Crippen LogP contribution >= 0.6 is 0 Å². The molecule has 0 aromatic heterocycles. The van der Waals surface area contributed by atoms with Gasteiger partial charge in [0.05, 0.1) is 20.3 Å². The monoisotopic (exact) mass is 488 g/mol. The number of ether oxygens (including phenoxy) is 2. The molecule has 1 N–H and O–H groups in total. The minimum absolute atomic E-state index is 0.404. The van der Waals surface area contributed by atoms with E-state index in [4.69, 9.17) is 9.47 Å². The fraction of sp³-hybridized carbons (Fsp3) is 0.310. The second-order valence-corrected chi connectivity index (χ2v) is 8.82. The Balaban J connectivity index is 1.74. The van der Waals surface area contributed by atoms with Gasteiger partial charge in [-0.1, -0.05) is 60.7 Å². The number of aliphatic hydroxyl groups is 1. The Morgan fingerprint density at radius 3 is 2.22 bits per heavy atom. The summed E-state index contributed by atoms with van der Waals surface area (Å²) in [7, 11) is 2.94. The number of para-hydroxylation sites is 1. The fourth-order valence-corrected chi connectivity index (χ4v) is 4.80. The third kappa shape index (κ3) is 5.52. The van der Waals surface area contributed by atoms with E-state index < -0.39 is 30.1 Å². The summed E-state index contributed by atoms with van der Waals surface area (Å²) in [5.41, 5.74) is 2.65. The molecule has 1 saturated heterocycles. The molecule has 1 aliphatic rings. The van der Waals surface area contributed by atoms with Crippen LogP contribution in [0, 0.1) is 0 Å². The van der Waals surface area contributed by atoms with Crippen molar-refractivity contribution in [3.05, 3.63) is 96.1 Å². The van der Waals surface area contributed by atoms with Crippen LogP contribution in [0.25, 0.3) is 0 Å². The Morgan fingerprint density at radius 2 is 1.61 bits per heavy atom. The summed E-state index contributed by atoms with van der Waals surface area (Å²) in [5, 5.41) is 11.7. The van der Waals surface area contributed by atoms with Crippen LogP contribution in [0.2, 0.25) is 0 Å². The lowest BCUT2D eigenvalue weighted by molar-refractivity contribution is -0.154. The predicted molar refractivity (Wildman–Crippen MR) is 138 cm³/mol. The van der Waals surface area contributed by atoms with Crippen molar-refractivity contribution in [2.75, 3.05) is 25.7 Å². The second kappa shape index (κ2) is 11.7. The molecule has 0 spiro atoms. The number of hydrogen-bond acceptors (Lipinski definition) is 6. The van der Waals surface area contributed by atoms with E-state index in [1.54, 1.807) is 7.11 Å². The van der Waals surface area contributed by atoms with Crippen LogP contribution in [0.3, 0.4) is 0 Å². The van der Waals surface area contributed by atoms with E-state index in [0.29, 0.717) is 25.9 Å². The van der Waals surface area contributed by atoms with Crippen LogP contribution < -0.4 is 9.64 Å². The van der Waals surface area contributed by atoms with E-state index in [1.165, 1.54) is 12.0 Å². The molecule has 1 fully saturated rings. The zero-order valence-corrected chi connectivity index (χ0v) is 20.6. The average molecular weight is 489 g/mol. The van der Waals surface area contributed by atoms with Gasteiger partial charge >= 0.3 is 5.97 Å². The molecule has 0 aliphatic carbocycles. The summed E-state index contributed by atoms with van der Waals surface area (Å²) in [5.74, 6) is -0.183. The van der Waals surface area contributed by atoms with Gasteiger partial charge in [-0.15, -0.1) is 0 Å². The molecule has 7 heteroatoms. The number of benzene rings is 3. The first-order valence-electron chi connectivity index (χ1n) is 12.1. The summed E-state index contributed by atoms with van der Waals surface area (Å²) in [6.45, 7) is 0.847. The van der Waals surface area contributed by atoms with Gasteiger partial charge in [0.25, 0.3) is 5.91 Å². The van der Waals surface area contributed by atoms with Gasteiger partial charge in [-0.25, -0.2) is 4.79 Å². The van der Waals surface area contributed by atoms with Crippen molar-refractivity contribution in [2.45, 2.75) is 37.6 Å². The van der Waals surface area contributed by atoms with Gasteiger partial charge in [-0.3, -0.25) is 4.79 Å². The summed E-state index contributed by atoms with van der Waals surface area (Å²) < 4.78 is 10.2. The van der Waals surface area contributed by atoms with Gasteiger partial charge in [0.2, 0.25) is 0 Å². The molecule has 3 aromatic carbocycles. The molecule has 0 bridgehead atoms. The Morgan fingerprint density at radius 1 is 0.972 bits per heavy atom. The molecule has 1 amide bonds. The van der Waals surface area contributed by atoms with Crippen molar-refractivity contribution in [2.24, 2.45) is 0 Å². The first-order chi connectivity index (χ1) is 17.5. The van der Waals surface area contributed by atoms with E-state index in [0.717, 1.165) is 22.6 Å². The van der Waals surface area contributed by atoms with Gasteiger partial charge < -0.3 is 24.4 Å². The van der Waals surface area contributed by atoms with E-state index in [-0.39, 0.29) is 0 Å². The van der Waals surface area contributed by atoms with E-state index in [2.05, 4.69) is 0 Å². The predicted octanol–water partition coefficient (Wildman–Crippen LogP) is 3.97. The third-order valence-electron chi connectivity index (χ3n) is 6.64. The maximum atomic E-state index is 13.7. The highest BCUT2D eigenvalue weighted by molar-refractivity contribution is 5.88. The standard InChI is InChI=1S/C29H32N2O5/c1-35-24-17-15-21(16-18-24)20-31(23-12-7-4-8-13-23)26(22-10-5-3-6-11-22)27(32)28(33)30-19-9-14-25(30)29(34)36-2/h3-8,10-13,15-18,25-27,32H,9,14,19-20H2,1-2H3/t25-,26+,27+/m0/s1. The number of likely N-dealkylation sites (tertiary alicyclic amines) is 1. The lowest BCUT2D eigenvalue weighted by Crippen LogP contribution is -2.50. The Bertz CT molecular complexity index is 1140. The number of carbonyl (C=O) groups excluding carboxylic acids is 2. The zero-order chi connectivity index (χ0) is 25.5. The molecule has 3 atom stereocenters. The summed E-state index contributed by atoms with van der Waals surface area (Å²) in [6.07, 6.45) is -0.200. The second-order valence-electron chi connectivity index (χ2n) is 8.82. The molecule has 0 radical (unpaired) electrons. The number of hydrogen-bond donors (Lipinski definition) is 1. The van der Waals surface area contributed by atoms with Crippen LogP contribution in [0.15, 0.2) is 84.9 Å². The highest BCUT2D eigenvalue weighted by atomic mass is 16.5. The van der Waals surface area contributed by atoms with Gasteiger partial charge in [0, 0.05) is 18.8 Å². The minimum Gasteiger partial charge on any atom is -0.497 e. The fourth-order valence-electron chi connectivity index (χ4n) is 4.80. The van der Waals surface area contributed by atoms with Gasteiger partial charge in [0.1, 0.15) is 11.8 Å². The number of amides is 1. The molecule has 4 rings (SSSR count). The maximum Gasteiger partial charge on any atom is 0.328 e. The van der Waals surface area contributed by atoms with Crippen molar-refractivity contribution in [1.29, 1.82) is 0 Å². The number of aliphatic hydroxyl groups excluding tert-OH is 1. The minimum atomic E-state index is -1.41. The van der Waals surface area contributed by atoms with Crippen LogP contribution in [-0.4, -0.2) is 54.8 Å². The molecule has 0 saturated carbocycles. The Labute approximate surface area is 211 Å². The van der Waals surface area contributed by atoms with Crippen molar-refractivity contribution in [3.8, 4) is 5.75 Å². The molecule has 3 aromatic rings. The SMILES string of the molecule is COC(=O)[C@@H]1CCCN1C(=O)[C@H](O)[C@@H](c1ccccc1)N(Cc1ccc(OC)cc1)c1ccccc1. The van der Waals surface area contributed by atoms with Crippen molar-refractivity contribution < 1.29 is 24.2 Å². The highest BCUT2D eigenvalue weighted by Crippen LogP contribution is 2.34. The summed E-state index contributed by atoms with van der Waals surface area (Å²) in [6, 6.07) is 25.6. The Kier molecular flexibility index (Phi) is 8.23. The van der Waals surface area contributed by atoms with Crippen molar-refractivity contribution in [1.82, 2.24) is 4.90 Å². The lowest BCUT2D eigenvalue weighted by Gasteiger charge is -2.38. The smallest absolute Gasteiger partial charge is 0.328 e. The molecule has 1 heterocycles. The zero-order valence-electron chi connectivity index (χ0n) is 20.6. The lowest BCUT2D eigenvalue weighted by atomic mass is 9.96. The normalized spacial score (nSPS) is 16.8. The number of nitrogens with zero attached hydrogens (tertiary/aromatic N) is 2. The third-order valence-corrected chi connectivity index (χ3v) is 6.64. The molecular weight excluding hydrogens is 456 g/mol. The number of rotatable bonds is 9. The van der Waals surface area contributed by atoms with Crippen molar-refractivity contribution >= 4 is 17.6 Å². The number of carbonyl (C=O) groups is 2. The molecule has 0 unspecified atom stereocenters. The summed E-state index contributed by atoms with van der Waals surface area (Å²) >= 11 is 0. The summed E-state index contributed by atoms with van der Waals surface area (Å²) in [4.78, 5) is 29.5. The van der Waals surface area contributed by atoms with Gasteiger partial charge in [0.15, 0.2) is 6.10 Å². The molecule has 36 heavy (non-hydrogen) atoms. The highest BCUT2D eigenvalue weighted by Gasteiger charge is 2.41. The van der Waals surface area contributed by atoms with Crippen LogP contribution in [-0.2, 0) is 20.9 Å². The molecule has 1 aliphatic heterocycles. The first kappa shape index (κ1) is 25.3. The number of methoxy groups -OCH3 is 2. The van der Waals surface area contributed by atoms with Crippen LogP contribution in [0.5, 0.6) is 5.75 Å². The number of anilines is 1. The van der Waals surface area contributed by atoms with E-state index in [1.807, 2.05) is 89.8 Å². The number of esters is 1. The van der Waals surface area contributed by atoms with E-state index >= 15 is 0 Å². The quantitative estimate of drug-likeness (QED) is 0.459. The van der Waals surface area contributed by atoms with E-state index in [9.17, 15) is 14.7 Å². The Hall–Kier alpha value is -3.84. The first-order valence-corrected chi connectivity index (χ1v) is 12.1. The van der Waals surface area contributed by atoms with Gasteiger partial charge in [-0.2, -0.15) is 0 Å². The van der Waals surface area contributed by atoms with Crippen LogP contribution in [0.4, 0.5) is 5.69 Å². The maximum absolute atomic E-state index is 13.7. The van der Waals surface area contributed by atoms with Crippen molar-refractivity contribution in [3.63, 3.8) is 0 Å². The topological polar surface area (TPSA) is 79.3 Å². The van der Waals surface area contributed by atoms with Crippen LogP contribution in [0.1, 0.15) is 30.0 Å². The van der Waals surface area contributed by atoms with Gasteiger partial charge in [-0.05, 0) is 48.2 Å². The average Bonchev–Trinajstić information content (AvgIpc) is 3.43. The molecular formula is C29H32N2O5. The largest absolute Gasteiger partial charge is 0.497 e. The molecule has 188 valence electrons. The molecule has 7 nitrogen and oxygen atoms in total.